The molecule has 0 aliphatic rings. The van der Waals surface area contributed by atoms with Crippen LogP contribution < -0.4 is 10.6 Å². The van der Waals surface area contributed by atoms with Crippen LogP contribution in [-0.4, -0.2) is 55.7 Å². The summed E-state index contributed by atoms with van der Waals surface area (Å²) >= 11 is 0. The molecule has 0 amide bonds. The van der Waals surface area contributed by atoms with Crippen LogP contribution >= 0.6 is 15.2 Å². The maximum atomic E-state index is 12.2. The molecule has 0 aliphatic heterocycles. The van der Waals surface area contributed by atoms with Crippen molar-refractivity contribution in [2.75, 3.05) is 0 Å². The monoisotopic (exact) mass is 688 g/mol. The normalized spacial score (nSPS) is 13.3. The number of azo groups is 2. The van der Waals surface area contributed by atoms with E-state index < -0.39 is 101 Å². The molecule has 0 saturated carbocycles. The third kappa shape index (κ3) is 6.74. The summed E-state index contributed by atoms with van der Waals surface area (Å²) in [5.74, 6) is -2.53. The van der Waals surface area contributed by atoms with Crippen LogP contribution in [0.4, 0.5) is 22.7 Å². The SMILES string of the molecule is O=P(O)(O)c1ccccc1N=Nc1c(S(=O)(=O)O)cc2cc(S(=O)(=O)O)c(N=Nc3ccccc3P(=O)(O)O)c(O)c2c1O. The number of fused-ring (bicyclic) bond motifs is 1. The smallest absolute Gasteiger partial charge is 0.358 e. The van der Waals surface area contributed by atoms with Gasteiger partial charge in [-0.25, -0.2) is 0 Å². The standard InChI is InChI=1S/C22H18N4O14P2S2/c27-21-18-11(9-16(43(35,36)37)19(21)25-23-12-5-1-3-7-14(12)41(29,30)31)10-17(44(38,39)40)20(22(18)28)26-24-13-6-2-4-8-15(13)42(32,33)34/h1-10,27-28H,(H2,29,30,31)(H2,32,33,34)(H,35,36,37)(H,38,39,40). The summed E-state index contributed by atoms with van der Waals surface area (Å²) in [4.78, 5) is 35.8. The summed E-state index contributed by atoms with van der Waals surface area (Å²) in [5, 5.41) is 33.5. The maximum absolute atomic E-state index is 12.2. The molecular formula is C22H18N4O14P2S2. The average Bonchev–Trinajstić information content (AvgIpc) is 2.89. The van der Waals surface area contributed by atoms with Crippen molar-refractivity contribution in [2.24, 2.45) is 20.5 Å². The molecule has 4 rings (SSSR count). The zero-order valence-electron chi connectivity index (χ0n) is 21.3. The number of phenols is 2. The molecule has 232 valence electrons. The Kier molecular flexibility index (Phi) is 8.64. The first-order chi connectivity index (χ1) is 20.2. The van der Waals surface area contributed by atoms with Gasteiger partial charge in [0.1, 0.15) is 32.5 Å². The van der Waals surface area contributed by atoms with Crippen molar-refractivity contribution >= 4 is 79.6 Å². The van der Waals surface area contributed by atoms with Crippen LogP contribution in [0, 0.1) is 0 Å². The summed E-state index contributed by atoms with van der Waals surface area (Å²) in [5.41, 5.74) is -3.12. The molecule has 0 radical (unpaired) electrons. The summed E-state index contributed by atoms with van der Waals surface area (Å²) in [6.45, 7) is 0. The van der Waals surface area contributed by atoms with Gasteiger partial charge in [-0.1, -0.05) is 24.3 Å². The zero-order chi connectivity index (χ0) is 32.8. The van der Waals surface area contributed by atoms with Crippen molar-refractivity contribution in [2.45, 2.75) is 9.79 Å². The molecule has 0 spiro atoms. The Morgan fingerprint density at radius 2 is 0.909 bits per heavy atom. The van der Waals surface area contributed by atoms with Crippen molar-refractivity contribution in [3.8, 4) is 11.5 Å². The Morgan fingerprint density at radius 3 is 1.23 bits per heavy atom. The molecule has 8 N–H and O–H groups in total. The molecule has 4 aromatic rings. The molecular weight excluding hydrogens is 670 g/mol. The van der Waals surface area contributed by atoms with E-state index in [1.54, 1.807) is 0 Å². The summed E-state index contributed by atoms with van der Waals surface area (Å²) in [7, 11) is -20.5. The fourth-order valence-electron chi connectivity index (χ4n) is 3.85. The first kappa shape index (κ1) is 33.0. The van der Waals surface area contributed by atoms with Gasteiger partial charge in [0.2, 0.25) is 0 Å². The third-order valence-electron chi connectivity index (χ3n) is 5.71. The molecule has 0 atom stereocenters. The molecule has 0 unspecified atom stereocenters. The van der Waals surface area contributed by atoms with Crippen molar-refractivity contribution in [3.05, 3.63) is 60.7 Å². The van der Waals surface area contributed by atoms with Crippen LogP contribution in [0.2, 0.25) is 0 Å². The Bertz CT molecular complexity index is 2060. The number of rotatable bonds is 8. The third-order valence-corrected chi connectivity index (χ3v) is 9.46. The lowest BCUT2D eigenvalue weighted by molar-refractivity contribution is 0.385. The van der Waals surface area contributed by atoms with Gasteiger partial charge in [0, 0.05) is 0 Å². The zero-order valence-corrected chi connectivity index (χ0v) is 24.7. The second kappa shape index (κ2) is 11.5. The molecule has 0 aliphatic carbocycles. The van der Waals surface area contributed by atoms with Gasteiger partial charge in [0.05, 0.1) is 16.0 Å². The maximum Gasteiger partial charge on any atom is 0.358 e. The van der Waals surface area contributed by atoms with Crippen LogP contribution in [-0.2, 0) is 29.4 Å². The molecule has 44 heavy (non-hydrogen) atoms. The molecule has 4 aromatic carbocycles. The van der Waals surface area contributed by atoms with Gasteiger partial charge < -0.3 is 29.8 Å². The van der Waals surface area contributed by atoms with E-state index in [2.05, 4.69) is 20.5 Å². The molecule has 0 bridgehead atoms. The van der Waals surface area contributed by atoms with E-state index in [4.69, 9.17) is 0 Å². The predicted octanol–water partition coefficient (Wildman–Crippen LogP) is 3.18. The van der Waals surface area contributed by atoms with E-state index in [-0.39, 0.29) is 0 Å². The lowest BCUT2D eigenvalue weighted by atomic mass is 10.1. The lowest BCUT2D eigenvalue weighted by Crippen LogP contribution is -2.04. The molecule has 18 nitrogen and oxygen atoms in total. The Labute approximate surface area is 246 Å². The van der Waals surface area contributed by atoms with Crippen LogP contribution in [0.5, 0.6) is 11.5 Å². The van der Waals surface area contributed by atoms with E-state index >= 15 is 0 Å². The Hall–Kier alpha value is -3.94. The highest BCUT2D eigenvalue weighted by Crippen LogP contribution is 2.50. The average molecular weight is 688 g/mol. The topological polar surface area (TPSA) is 314 Å². The minimum Gasteiger partial charge on any atom is -0.505 e. The highest BCUT2D eigenvalue weighted by atomic mass is 32.2. The van der Waals surface area contributed by atoms with Crippen LogP contribution in [0.3, 0.4) is 0 Å². The summed E-state index contributed by atoms with van der Waals surface area (Å²) in [6, 6.07) is 10.3. The molecule has 0 aromatic heterocycles. The summed E-state index contributed by atoms with van der Waals surface area (Å²) in [6.07, 6.45) is 0. The fraction of sp³-hybridized carbons (Fsp3) is 0. The second-order valence-electron chi connectivity index (χ2n) is 8.66. The quantitative estimate of drug-likeness (QED) is 0.0749. The van der Waals surface area contributed by atoms with Crippen molar-refractivity contribution in [1.82, 2.24) is 0 Å². The fourth-order valence-corrected chi connectivity index (χ4v) is 6.56. The van der Waals surface area contributed by atoms with Gasteiger partial charge in [-0.3, -0.25) is 18.2 Å². The number of hydrogen-bond acceptors (Lipinski definition) is 12. The van der Waals surface area contributed by atoms with Gasteiger partial charge in [0.15, 0.2) is 11.5 Å². The second-order valence-corrected chi connectivity index (χ2v) is 14.6. The number of benzene rings is 4. The van der Waals surface area contributed by atoms with Crippen LogP contribution in [0.25, 0.3) is 10.8 Å². The van der Waals surface area contributed by atoms with Crippen molar-refractivity contribution < 1.29 is 64.9 Å². The number of phenolic OH excluding ortho intramolecular Hbond substituents is 2. The Morgan fingerprint density at radius 1 is 0.568 bits per heavy atom. The van der Waals surface area contributed by atoms with Gasteiger partial charge in [-0.05, 0) is 41.8 Å². The molecule has 0 saturated heterocycles. The van der Waals surface area contributed by atoms with Gasteiger partial charge >= 0.3 is 15.2 Å². The minimum absolute atomic E-state index is 0.481. The molecule has 0 heterocycles. The van der Waals surface area contributed by atoms with Crippen LogP contribution in [0.15, 0.2) is 90.9 Å². The number of aromatic hydroxyl groups is 2. The number of nitrogens with zero attached hydrogens (tertiary/aromatic N) is 4. The van der Waals surface area contributed by atoms with Crippen LogP contribution in [0.1, 0.15) is 0 Å². The van der Waals surface area contributed by atoms with Gasteiger partial charge in [-0.2, -0.15) is 16.8 Å². The largest absolute Gasteiger partial charge is 0.505 e. The van der Waals surface area contributed by atoms with Gasteiger partial charge in [0.25, 0.3) is 20.2 Å². The first-order valence-corrected chi connectivity index (χ1v) is 17.5. The lowest BCUT2D eigenvalue weighted by Gasteiger charge is -2.13. The number of hydrogen-bond donors (Lipinski definition) is 8. The van der Waals surface area contributed by atoms with Gasteiger partial charge in [-0.15, -0.1) is 20.5 Å². The van der Waals surface area contributed by atoms with E-state index in [9.17, 15) is 64.9 Å². The minimum atomic E-state index is -5.30. The van der Waals surface area contributed by atoms with E-state index in [1.165, 1.54) is 24.3 Å². The molecule has 0 fully saturated rings. The Balaban J connectivity index is 2.06. The van der Waals surface area contributed by atoms with E-state index in [0.29, 0.717) is 12.1 Å². The highest BCUT2D eigenvalue weighted by molar-refractivity contribution is 7.86. The predicted molar refractivity (Wildman–Crippen MR) is 151 cm³/mol. The van der Waals surface area contributed by atoms with Crippen molar-refractivity contribution in [3.63, 3.8) is 0 Å². The van der Waals surface area contributed by atoms with E-state index in [1.807, 2.05) is 0 Å². The summed E-state index contributed by atoms with van der Waals surface area (Å²) < 4.78 is 92.0. The molecule has 22 heteroatoms. The first-order valence-electron chi connectivity index (χ1n) is 11.4. The van der Waals surface area contributed by atoms with Crippen molar-refractivity contribution in [1.29, 1.82) is 0 Å². The van der Waals surface area contributed by atoms with E-state index in [0.717, 1.165) is 24.3 Å². The highest BCUT2D eigenvalue weighted by Gasteiger charge is 2.29.